The number of ketones is 1. The van der Waals surface area contributed by atoms with Crippen molar-refractivity contribution in [1.82, 2.24) is 4.98 Å². The van der Waals surface area contributed by atoms with Gasteiger partial charge >= 0.3 is 5.97 Å². The van der Waals surface area contributed by atoms with Crippen LogP contribution in [0.25, 0.3) is 0 Å². The van der Waals surface area contributed by atoms with Gasteiger partial charge in [0, 0.05) is 24.0 Å². The number of benzene rings is 1. The highest BCUT2D eigenvalue weighted by Gasteiger charge is 2.14. The van der Waals surface area contributed by atoms with Crippen molar-refractivity contribution in [2.45, 2.75) is 6.42 Å². The molecule has 2 rings (SSSR count). The summed E-state index contributed by atoms with van der Waals surface area (Å²) in [6, 6.07) is 5.83. The SMILES string of the molecule is O=C(O)/C(O)=C/C(=O)c1c[nH]cc1Cc1ccc(F)cc1. The van der Waals surface area contributed by atoms with Crippen molar-refractivity contribution in [2.24, 2.45) is 0 Å². The topological polar surface area (TPSA) is 90.4 Å². The molecule has 1 aromatic carbocycles. The Morgan fingerprint density at radius 1 is 1.14 bits per heavy atom. The molecule has 3 N–H and O–H groups in total. The second-order valence-electron chi connectivity index (χ2n) is 4.40. The van der Waals surface area contributed by atoms with Gasteiger partial charge in [-0.05, 0) is 29.7 Å². The van der Waals surface area contributed by atoms with E-state index in [1.807, 2.05) is 0 Å². The van der Waals surface area contributed by atoms with Crippen molar-refractivity contribution < 1.29 is 24.2 Å². The number of aliphatic hydroxyl groups is 1. The van der Waals surface area contributed by atoms with Crippen LogP contribution in [-0.4, -0.2) is 26.9 Å². The number of hydrogen-bond donors (Lipinski definition) is 3. The van der Waals surface area contributed by atoms with Crippen LogP contribution in [-0.2, 0) is 11.2 Å². The Bertz CT molecular complexity index is 701. The molecule has 0 saturated heterocycles. The molecule has 0 bridgehead atoms. The average Bonchev–Trinajstić information content (AvgIpc) is 2.89. The molecular formula is C15H12FNO4. The highest BCUT2D eigenvalue weighted by molar-refractivity contribution is 6.08. The lowest BCUT2D eigenvalue weighted by molar-refractivity contribution is -0.135. The van der Waals surface area contributed by atoms with Crippen molar-refractivity contribution >= 4 is 11.8 Å². The van der Waals surface area contributed by atoms with Crippen LogP contribution in [0.1, 0.15) is 21.5 Å². The van der Waals surface area contributed by atoms with Crippen LogP contribution in [0, 0.1) is 5.82 Å². The van der Waals surface area contributed by atoms with Gasteiger partial charge in [0.25, 0.3) is 0 Å². The van der Waals surface area contributed by atoms with E-state index >= 15 is 0 Å². The number of carbonyl (C=O) groups excluding carboxylic acids is 1. The summed E-state index contributed by atoms with van der Waals surface area (Å²) in [6.07, 6.45) is 4.06. The standard InChI is InChI=1S/C15H12FNO4/c16-11-3-1-9(2-4-11)5-10-7-17-8-12(10)13(18)6-14(19)15(20)21/h1-4,6-8,17,19H,5H2,(H,20,21)/b14-6-. The second-order valence-corrected chi connectivity index (χ2v) is 4.40. The molecule has 2 aromatic rings. The van der Waals surface area contributed by atoms with Gasteiger partial charge in [-0.15, -0.1) is 0 Å². The summed E-state index contributed by atoms with van der Waals surface area (Å²) < 4.78 is 12.8. The first kappa shape index (κ1) is 14.5. The van der Waals surface area contributed by atoms with Crippen molar-refractivity contribution in [1.29, 1.82) is 0 Å². The maximum Gasteiger partial charge on any atom is 0.371 e. The molecule has 6 heteroatoms. The zero-order chi connectivity index (χ0) is 15.4. The second kappa shape index (κ2) is 6.04. The number of carbonyl (C=O) groups is 2. The van der Waals surface area contributed by atoms with Gasteiger partial charge in [-0.25, -0.2) is 9.18 Å². The zero-order valence-corrected chi connectivity index (χ0v) is 10.8. The van der Waals surface area contributed by atoms with Crippen LogP contribution >= 0.6 is 0 Å². The van der Waals surface area contributed by atoms with Crippen LogP contribution in [0.4, 0.5) is 4.39 Å². The summed E-state index contributed by atoms with van der Waals surface area (Å²) in [4.78, 5) is 25.2. The molecule has 0 aliphatic carbocycles. The van der Waals surface area contributed by atoms with Gasteiger partial charge in [-0.3, -0.25) is 4.79 Å². The molecule has 0 amide bonds. The Hall–Kier alpha value is -2.89. The van der Waals surface area contributed by atoms with Gasteiger partial charge in [0.05, 0.1) is 0 Å². The normalized spacial score (nSPS) is 11.4. The van der Waals surface area contributed by atoms with E-state index in [0.29, 0.717) is 18.1 Å². The Balaban J connectivity index is 2.22. The van der Waals surface area contributed by atoms with E-state index in [1.165, 1.54) is 18.3 Å². The summed E-state index contributed by atoms with van der Waals surface area (Å²) >= 11 is 0. The molecule has 108 valence electrons. The predicted molar refractivity (Wildman–Crippen MR) is 72.7 cm³/mol. The molecule has 0 spiro atoms. The van der Waals surface area contributed by atoms with Crippen LogP contribution in [0.2, 0.25) is 0 Å². The molecule has 0 aliphatic heterocycles. The minimum absolute atomic E-state index is 0.257. The number of aromatic nitrogens is 1. The van der Waals surface area contributed by atoms with Crippen LogP contribution < -0.4 is 0 Å². The molecule has 0 atom stereocenters. The van der Waals surface area contributed by atoms with Crippen molar-refractivity contribution in [3.05, 3.63) is 71.0 Å². The fraction of sp³-hybridized carbons (Fsp3) is 0.0667. The van der Waals surface area contributed by atoms with E-state index in [1.54, 1.807) is 18.3 Å². The lowest BCUT2D eigenvalue weighted by Crippen LogP contribution is -2.05. The van der Waals surface area contributed by atoms with E-state index in [4.69, 9.17) is 10.2 Å². The van der Waals surface area contributed by atoms with Gasteiger partial charge in [0.2, 0.25) is 5.76 Å². The van der Waals surface area contributed by atoms with Gasteiger partial charge in [0.15, 0.2) is 5.78 Å². The third-order valence-corrected chi connectivity index (χ3v) is 2.89. The number of halogens is 1. The van der Waals surface area contributed by atoms with Crippen molar-refractivity contribution in [2.75, 3.05) is 0 Å². The molecule has 0 saturated carbocycles. The fourth-order valence-corrected chi connectivity index (χ4v) is 1.86. The molecule has 1 aromatic heterocycles. The predicted octanol–water partition coefficient (Wildman–Crippen LogP) is 2.45. The summed E-state index contributed by atoms with van der Waals surface area (Å²) in [6.45, 7) is 0. The Labute approximate surface area is 119 Å². The Kier molecular flexibility index (Phi) is 4.18. The number of nitrogens with one attached hydrogen (secondary N) is 1. The largest absolute Gasteiger partial charge is 0.502 e. The number of aliphatic hydroxyl groups excluding tert-OH is 1. The van der Waals surface area contributed by atoms with E-state index < -0.39 is 17.5 Å². The minimum atomic E-state index is -1.57. The Morgan fingerprint density at radius 2 is 1.81 bits per heavy atom. The first-order valence-corrected chi connectivity index (χ1v) is 6.05. The van der Waals surface area contributed by atoms with Crippen LogP contribution in [0.5, 0.6) is 0 Å². The number of allylic oxidation sites excluding steroid dienone is 1. The van der Waals surface area contributed by atoms with Gasteiger partial charge in [-0.1, -0.05) is 12.1 Å². The Morgan fingerprint density at radius 3 is 2.43 bits per heavy atom. The maximum atomic E-state index is 12.8. The highest BCUT2D eigenvalue weighted by atomic mass is 19.1. The fourth-order valence-electron chi connectivity index (χ4n) is 1.86. The van der Waals surface area contributed by atoms with Gasteiger partial charge in [0.1, 0.15) is 5.82 Å². The first-order valence-electron chi connectivity index (χ1n) is 6.05. The average molecular weight is 289 g/mol. The van der Waals surface area contributed by atoms with E-state index in [-0.39, 0.29) is 11.4 Å². The molecule has 21 heavy (non-hydrogen) atoms. The third-order valence-electron chi connectivity index (χ3n) is 2.89. The van der Waals surface area contributed by atoms with E-state index in [2.05, 4.69) is 4.98 Å². The molecule has 0 unspecified atom stereocenters. The quantitative estimate of drug-likeness (QED) is 0.448. The lowest BCUT2D eigenvalue weighted by atomic mass is 10.0. The number of rotatable bonds is 5. The number of aliphatic carboxylic acids is 1. The number of hydrogen-bond acceptors (Lipinski definition) is 3. The first-order chi connectivity index (χ1) is 9.97. The zero-order valence-electron chi connectivity index (χ0n) is 10.8. The van der Waals surface area contributed by atoms with Gasteiger partial charge in [-0.2, -0.15) is 0 Å². The maximum absolute atomic E-state index is 12.8. The summed E-state index contributed by atoms with van der Waals surface area (Å²) in [7, 11) is 0. The van der Waals surface area contributed by atoms with Crippen molar-refractivity contribution in [3.8, 4) is 0 Å². The molecule has 1 heterocycles. The molecule has 0 radical (unpaired) electrons. The molecule has 0 fully saturated rings. The number of carboxylic acids is 1. The smallest absolute Gasteiger partial charge is 0.371 e. The number of H-pyrrole nitrogens is 1. The summed E-state index contributed by atoms with van der Waals surface area (Å²) in [5, 5.41) is 17.6. The molecular weight excluding hydrogens is 277 g/mol. The number of aromatic amines is 1. The molecule has 0 aliphatic rings. The third kappa shape index (κ3) is 3.56. The van der Waals surface area contributed by atoms with Crippen molar-refractivity contribution in [3.63, 3.8) is 0 Å². The monoisotopic (exact) mass is 289 g/mol. The van der Waals surface area contributed by atoms with Gasteiger partial charge < -0.3 is 15.2 Å². The van der Waals surface area contributed by atoms with E-state index in [9.17, 15) is 14.0 Å². The lowest BCUT2D eigenvalue weighted by Gasteiger charge is -2.02. The minimum Gasteiger partial charge on any atom is -0.502 e. The highest BCUT2D eigenvalue weighted by Crippen LogP contribution is 2.16. The molecule has 5 nitrogen and oxygen atoms in total. The summed E-state index contributed by atoms with van der Waals surface area (Å²) in [5.74, 6) is -3.56. The number of carboxylic acid groups (broad SMARTS) is 1. The van der Waals surface area contributed by atoms with Crippen LogP contribution in [0.3, 0.4) is 0 Å². The van der Waals surface area contributed by atoms with E-state index in [0.717, 1.165) is 5.56 Å². The van der Waals surface area contributed by atoms with Crippen LogP contribution in [0.15, 0.2) is 48.5 Å². The summed E-state index contributed by atoms with van der Waals surface area (Å²) in [5.41, 5.74) is 1.68.